The van der Waals surface area contributed by atoms with Gasteiger partial charge < -0.3 is 0 Å². The molecular formula is C19H15NS. The SMILES string of the molecule is N#CC1(Cc2csc3ccccc23)CCc2ccccc21. The van der Waals surface area contributed by atoms with Gasteiger partial charge in [-0.1, -0.05) is 42.5 Å². The van der Waals surface area contributed by atoms with Gasteiger partial charge in [0.15, 0.2) is 0 Å². The van der Waals surface area contributed by atoms with Crippen LogP contribution in [0.15, 0.2) is 53.9 Å². The van der Waals surface area contributed by atoms with Crippen LogP contribution in [0.2, 0.25) is 0 Å². The van der Waals surface area contributed by atoms with Crippen LogP contribution in [0.3, 0.4) is 0 Å². The highest BCUT2D eigenvalue weighted by Crippen LogP contribution is 2.42. The average molecular weight is 289 g/mol. The Balaban J connectivity index is 1.81. The fourth-order valence-corrected chi connectivity index (χ4v) is 4.48. The van der Waals surface area contributed by atoms with E-state index in [1.54, 1.807) is 11.3 Å². The Bertz CT molecular complexity index is 855. The molecule has 1 heterocycles. The Hall–Kier alpha value is -2.11. The molecule has 0 saturated heterocycles. The number of hydrogen-bond acceptors (Lipinski definition) is 2. The number of fused-ring (bicyclic) bond motifs is 2. The van der Waals surface area contributed by atoms with E-state index in [0.717, 1.165) is 19.3 Å². The van der Waals surface area contributed by atoms with Gasteiger partial charge in [-0.15, -0.1) is 11.3 Å². The monoisotopic (exact) mass is 289 g/mol. The summed E-state index contributed by atoms with van der Waals surface area (Å²) < 4.78 is 1.31. The van der Waals surface area contributed by atoms with Crippen molar-refractivity contribution in [3.05, 3.63) is 70.6 Å². The zero-order valence-corrected chi connectivity index (χ0v) is 12.5. The number of aryl methyl sites for hydroxylation is 1. The second kappa shape index (κ2) is 4.72. The summed E-state index contributed by atoms with van der Waals surface area (Å²) in [5.41, 5.74) is 3.55. The lowest BCUT2D eigenvalue weighted by Crippen LogP contribution is -2.23. The zero-order chi connectivity index (χ0) is 14.3. The van der Waals surface area contributed by atoms with E-state index in [1.807, 2.05) is 0 Å². The topological polar surface area (TPSA) is 23.8 Å². The summed E-state index contributed by atoms with van der Waals surface area (Å²) in [7, 11) is 0. The molecule has 1 unspecified atom stereocenters. The quantitative estimate of drug-likeness (QED) is 0.661. The summed E-state index contributed by atoms with van der Waals surface area (Å²) in [6, 6.07) is 19.6. The van der Waals surface area contributed by atoms with E-state index < -0.39 is 0 Å². The summed E-state index contributed by atoms with van der Waals surface area (Å²) in [6.07, 6.45) is 2.78. The molecule has 0 fully saturated rings. The number of rotatable bonds is 2. The molecule has 0 amide bonds. The normalized spacial score (nSPS) is 20.3. The predicted octanol–water partition coefficient (Wildman–Crippen LogP) is 4.85. The Labute approximate surface area is 128 Å². The summed E-state index contributed by atoms with van der Waals surface area (Å²) in [5, 5.41) is 13.4. The van der Waals surface area contributed by atoms with Crippen LogP contribution in [-0.4, -0.2) is 0 Å². The molecule has 2 heteroatoms. The first-order chi connectivity index (χ1) is 10.3. The van der Waals surface area contributed by atoms with Crippen LogP contribution in [0.25, 0.3) is 10.1 Å². The molecule has 0 N–H and O–H groups in total. The molecule has 0 bridgehead atoms. The fraction of sp³-hybridized carbons (Fsp3) is 0.211. The minimum Gasteiger partial charge on any atom is -0.197 e. The van der Waals surface area contributed by atoms with Crippen LogP contribution >= 0.6 is 11.3 Å². The lowest BCUT2D eigenvalue weighted by Gasteiger charge is -2.22. The summed E-state index contributed by atoms with van der Waals surface area (Å²) >= 11 is 1.78. The van der Waals surface area contributed by atoms with Gasteiger partial charge in [-0.3, -0.25) is 0 Å². The van der Waals surface area contributed by atoms with Crippen LogP contribution in [0, 0.1) is 11.3 Å². The van der Waals surface area contributed by atoms with E-state index in [9.17, 15) is 5.26 Å². The maximum atomic E-state index is 9.89. The maximum Gasteiger partial charge on any atom is 0.0868 e. The number of hydrogen-bond donors (Lipinski definition) is 0. The number of nitrogens with zero attached hydrogens (tertiary/aromatic N) is 1. The van der Waals surface area contributed by atoms with E-state index in [-0.39, 0.29) is 5.41 Å². The van der Waals surface area contributed by atoms with Gasteiger partial charge in [0.25, 0.3) is 0 Å². The van der Waals surface area contributed by atoms with Crippen molar-refractivity contribution >= 4 is 21.4 Å². The summed E-state index contributed by atoms with van der Waals surface area (Å²) in [5.74, 6) is 0. The van der Waals surface area contributed by atoms with Crippen LogP contribution in [0.1, 0.15) is 23.1 Å². The molecule has 3 aromatic rings. The standard InChI is InChI=1S/C19H15NS/c20-13-19(10-9-14-5-1-3-7-17(14)19)11-15-12-21-18-8-4-2-6-16(15)18/h1-8,12H,9-11H2. The largest absolute Gasteiger partial charge is 0.197 e. The molecule has 0 spiro atoms. The van der Waals surface area contributed by atoms with Gasteiger partial charge in [-0.2, -0.15) is 5.26 Å². The fourth-order valence-electron chi connectivity index (χ4n) is 3.52. The van der Waals surface area contributed by atoms with Crippen LogP contribution in [0.5, 0.6) is 0 Å². The van der Waals surface area contributed by atoms with Crippen molar-refractivity contribution in [3.8, 4) is 6.07 Å². The van der Waals surface area contributed by atoms with Gasteiger partial charge in [-0.25, -0.2) is 0 Å². The second-order valence-electron chi connectivity index (χ2n) is 5.78. The van der Waals surface area contributed by atoms with E-state index in [1.165, 1.54) is 26.8 Å². The predicted molar refractivity (Wildman–Crippen MR) is 87.6 cm³/mol. The van der Waals surface area contributed by atoms with Gasteiger partial charge in [-0.05, 0) is 52.8 Å². The van der Waals surface area contributed by atoms with E-state index in [2.05, 4.69) is 60.0 Å². The Kier molecular flexibility index (Phi) is 2.83. The number of benzene rings is 2. The molecule has 1 atom stereocenters. The first kappa shape index (κ1) is 12.6. The van der Waals surface area contributed by atoms with Crippen LogP contribution in [-0.2, 0) is 18.3 Å². The van der Waals surface area contributed by atoms with Gasteiger partial charge >= 0.3 is 0 Å². The van der Waals surface area contributed by atoms with Crippen molar-refractivity contribution in [2.24, 2.45) is 0 Å². The molecule has 1 nitrogen and oxygen atoms in total. The van der Waals surface area contributed by atoms with Gasteiger partial charge in [0, 0.05) is 4.70 Å². The smallest absolute Gasteiger partial charge is 0.0868 e. The molecular weight excluding hydrogens is 274 g/mol. The molecule has 1 aliphatic rings. The highest BCUT2D eigenvalue weighted by molar-refractivity contribution is 7.17. The third-order valence-corrected chi connectivity index (χ3v) is 5.63. The van der Waals surface area contributed by atoms with Gasteiger partial charge in [0.2, 0.25) is 0 Å². The van der Waals surface area contributed by atoms with Gasteiger partial charge in [0.05, 0.1) is 11.5 Å². The van der Waals surface area contributed by atoms with Crippen molar-refractivity contribution in [1.29, 1.82) is 5.26 Å². The molecule has 4 rings (SSSR count). The van der Waals surface area contributed by atoms with Crippen molar-refractivity contribution < 1.29 is 0 Å². The highest BCUT2D eigenvalue weighted by atomic mass is 32.1. The molecule has 0 saturated carbocycles. The van der Waals surface area contributed by atoms with Crippen LogP contribution < -0.4 is 0 Å². The minimum absolute atomic E-state index is 0.347. The lowest BCUT2D eigenvalue weighted by atomic mass is 9.78. The van der Waals surface area contributed by atoms with Crippen molar-refractivity contribution in [2.75, 3.05) is 0 Å². The van der Waals surface area contributed by atoms with E-state index >= 15 is 0 Å². The minimum atomic E-state index is -0.347. The maximum absolute atomic E-state index is 9.89. The Morgan fingerprint density at radius 2 is 1.90 bits per heavy atom. The van der Waals surface area contributed by atoms with E-state index in [0.29, 0.717) is 0 Å². The Morgan fingerprint density at radius 1 is 1.10 bits per heavy atom. The zero-order valence-electron chi connectivity index (χ0n) is 11.7. The molecule has 21 heavy (non-hydrogen) atoms. The second-order valence-corrected chi connectivity index (χ2v) is 6.70. The van der Waals surface area contributed by atoms with E-state index in [4.69, 9.17) is 0 Å². The lowest BCUT2D eigenvalue weighted by molar-refractivity contribution is 0.543. The molecule has 0 aliphatic heterocycles. The number of nitriles is 1. The summed E-state index contributed by atoms with van der Waals surface area (Å²) in [4.78, 5) is 0. The third-order valence-electron chi connectivity index (χ3n) is 4.62. The first-order valence-electron chi connectivity index (χ1n) is 7.27. The van der Waals surface area contributed by atoms with Crippen molar-refractivity contribution in [2.45, 2.75) is 24.7 Å². The van der Waals surface area contributed by atoms with Gasteiger partial charge in [0.1, 0.15) is 0 Å². The van der Waals surface area contributed by atoms with Crippen LogP contribution in [0.4, 0.5) is 0 Å². The molecule has 0 radical (unpaired) electrons. The highest BCUT2D eigenvalue weighted by Gasteiger charge is 2.39. The number of thiophene rings is 1. The van der Waals surface area contributed by atoms with Crippen molar-refractivity contribution in [3.63, 3.8) is 0 Å². The molecule has 1 aromatic heterocycles. The molecule has 102 valence electrons. The summed E-state index contributed by atoms with van der Waals surface area (Å²) in [6.45, 7) is 0. The first-order valence-corrected chi connectivity index (χ1v) is 8.15. The average Bonchev–Trinajstić information content (AvgIpc) is 3.11. The third kappa shape index (κ3) is 1.89. The van der Waals surface area contributed by atoms with Crippen molar-refractivity contribution in [1.82, 2.24) is 0 Å². The molecule has 2 aromatic carbocycles. The molecule has 1 aliphatic carbocycles. The Morgan fingerprint density at radius 3 is 2.81 bits per heavy atom.